The van der Waals surface area contributed by atoms with Gasteiger partial charge in [-0.2, -0.15) is 24.0 Å². The number of nitrogens with zero attached hydrogens (tertiary/aromatic N) is 5. The number of anilines is 1. The molecule has 6 rings (SSSR count). The van der Waals surface area contributed by atoms with E-state index in [-0.39, 0.29) is 27.8 Å². The molecule has 2 fully saturated rings. The summed E-state index contributed by atoms with van der Waals surface area (Å²) in [4.78, 5) is 40.1. The van der Waals surface area contributed by atoms with Crippen molar-refractivity contribution in [2.75, 3.05) is 25.0 Å². The summed E-state index contributed by atoms with van der Waals surface area (Å²) >= 11 is 0. The summed E-state index contributed by atoms with van der Waals surface area (Å²) < 4.78 is 44.7. The normalized spacial score (nSPS) is 24.1. The number of amidine groups is 1. The number of carbonyl (C=O) groups is 2. The molecule has 2 aromatic rings. The number of nitrogens with two attached hydrogens (primary N) is 1. The van der Waals surface area contributed by atoms with Crippen molar-refractivity contribution in [2.24, 2.45) is 21.7 Å². The number of aliphatic imine (C=N–C) groups is 2. The minimum absolute atomic E-state index is 0.0997. The van der Waals surface area contributed by atoms with E-state index in [9.17, 15) is 22.8 Å². The van der Waals surface area contributed by atoms with Crippen molar-refractivity contribution in [1.82, 2.24) is 9.88 Å². The zero-order chi connectivity index (χ0) is 28.1. The molecule has 1 saturated carbocycles. The molecule has 3 N–H and O–H groups in total. The first-order chi connectivity index (χ1) is 19.1. The second-order valence-electron chi connectivity index (χ2n) is 9.94. The lowest BCUT2D eigenvalue weighted by atomic mass is 10.1. The van der Waals surface area contributed by atoms with Crippen LogP contribution in [0.25, 0.3) is 0 Å². The third-order valence-corrected chi connectivity index (χ3v) is 7.17. The Morgan fingerprint density at radius 2 is 1.93 bits per heavy atom. The molecule has 13 heteroatoms. The van der Waals surface area contributed by atoms with E-state index in [0.717, 1.165) is 31.2 Å². The molecule has 10 nitrogen and oxygen atoms in total. The highest BCUT2D eigenvalue weighted by Crippen LogP contribution is 2.36. The lowest BCUT2D eigenvalue weighted by molar-refractivity contribution is -0.750. The van der Waals surface area contributed by atoms with Gasteiger partial charge >= 0.3 is 6.18 Å². The van der Waals surface area contributed by atoms with Crippen LogP contribution in [0, 0.1) is 5.92 Å². The number of halogens is 3. The van der Waals surface area contributed by atoms with Gasteiger partial charge in [-0.25, -0.2) is 4.98 Å². The van der Waals surface area contributed by atoms with Gasteiger partial charge in [-0.1, -0.05) is 0 Å². The van der Waals surface area contributed by atoms with E-state index in [1.807, 2.05) is 4.90 Å². The molecule has 0 bridgehead atoms. The van der Waals surface area contributed by atoms with Gasteiger partial charge in [-0.05, 0) is 49.2 Å². The summed E-state index contributed by atoms with van der Waals surface area (Å²) in [6, 6.07) is 7.97. The number of hydrogen-bond donors (Lipinski definition) is 2. The summed E-state index contributed by atoms with van der Waals surface area (Å²) in [7, 11) is 0. The lowest BCUT2D eigenvalue weighted by Gasteiger charge is -2.33. The zero-order valence-corrected chi connectivity index (χ0v) is 21.1. The maximum Gasteiger partial charge on any atom is 0.416 e. The first-order valence-corrected chi connectivity index (χ1v) is 12.7. The number of nitrogens with one attached hydrogen (secondary N) is 1. The standard InChI is InChI=1S/C27H24F3N7O3/c28-27(29,30)19-7-8-33-22(13-19)34-25(38)17-3-1-16(2-4-17)24-35-23(20-14-32-9-11-37(20,24)31)21-15-36(10-12-40-21)26(39)18-5-6-18/h1-4,7-9,11,13-14,18,21H,5-6,10,12,15,31H2/p+1. The zero-order valence-electron chi connectivity index (χ0n) is 21.1. The van der Waals surface area contributed by atoms with Crippen LogP contribution >= 0.6 is 0 Å². The van der Waals surface area contributed by atoms with E-state index >= 15 is 0 Å². The fourth-order valence-corrected chi connectivity index (χ4v) is 4.88. The van der Waals surface area contributed by atoms with Crippen molar-refractivity contribution >= 4 is 29.7 Å². The summed E-state index contributed by atoms with van der Waals surface area (Å²) in [5, 5.41) is 2.39. The van der Waals surface area contributed by atoms with E-state index in [1.165, 1.54) is 12.1 Å². The van der Waals surface area contributed by atoms with Crippen molar-refractivity contribution in [3.8, 4) is 0 Å². The molecule has 2 atom stereocenters. The predicted octanol–water partition coefficient (Wildman–Crippen LogP) is 3.21. The number of alkyl halides is 3. The van der Waals surface area contributed by atoms with Crippen molar-refractivity contribution in [3.05, 3.63) is 83.1 Å². The maximum absolute atomic E-state index is 13.0. The second kappa shape index (κ2) is 9.77. The highest BCUT2D eigenvalue weighted by atomic mass is 19.4. The molecule has 2 unspecified atom stereocenters. The number of pyridine rings is 1. The van der Waals surface area contributed by atoms with Crippen molar-refractivity contribution in [2.45, 2.75) is 25.1 Å². The molecule has 0 radical (unpaired) electrons. The van der Waals surface area contributed by atoms with Crippen molar-refractivity contribution < 1.29 is 32.1 Å². The fourth-order valence-electron chi connectivity index (χ4n) is 4.88. The number of carbonyl (C=O) groups excluding carboxylic acids is 2. The minimum atomic E-state index is -4.56. The van der Waals surface area contributed by atoms with Gasteiger partial charge in [0.2, 0.25) is 11.6 Å². The number of aromatic nitrogens is 1. The molecule has 2 amide bonds. The van der Waals surface area contributed by atoms with Crippen LogP contribution in [-0.4, -0.2) is 64.1 Å². The molecule has 1 aromatic heterocycles. The number of fused-ring (bicyclic) bond motifs is 1. The van der Waals surface area contributed by atoms with E-state index in [4.69, 9.17) is 15.6 Å². The summed E-state index contributed by atoms with van der Waals surface area (Å²) in [6.45, 7) is 1.28. The Balaban J connectivity index is 1.23. The van der Waals surface area contributed by atoms with Crippen LogP contribution in [0.1, 0.15) is 34.3 Å². The molecular weight excluding hydrogens is 527 g/mol. The predicted molar refractivity (Wildman–Crippen MR) is 138 cm³/mol. The highest BCUT2D eigenvalue weighted by Gasteiger charge is 2.47. The van der Waals surface area contributed by atoms with Gasteiger partial charge < -0.3 is 15.0 Å². The third kappa shape index (κ3) is 4.83. The third-order valence-electron chi connectivity index (χ3n) is 7.17. The fraction of sp³-hybridized carbons (Fsp3) is 0.296. The lowest BCUT2D eigenvalue weighted by Crippen LogP contribution is -2.53. The summed E-state index contributed by atoms with van der Waals surface area (Å²) in [5.74, 6) is 6.66. The number of hydrogen-bond acceptors (Lipinski definition) is 7. The second-order valence-corrected chi connectivity index (χ2v) is 9.94. The topological polar surface area (TPSA) is 122 Å². The minimum Gasteiger partial charge on any atom is -0.368 e. The SMILES string of the molecule is N[N+]12C=CN=CC1=C(C1CN(C(=O)C3CC3)CCO1)N=C2c1ccc(C(=O)Nc2cc(C(F)(F)F)ccn2)cc1. The molecule has 4 aliphatic rings. The molecule has 3 aliphatic heterocycles. The molecule has 206 valence electrons. The van der Waals surface area contributed by atoms with Gasteiger partial charge in [-0.3, -0.25) is 14.6 Å². The van der Waals surface area contributed by atoms with E-state index in [0.29, 0.717) is 42.5 Å². The average molecular weight is 553 g/mol. The molecular formula is C27H25F3N7O3+. The van der Waals surface area contributed by atoms with Gasteiger partial charge in [0.25, 0.3) is 11.7 Å². The molecule has 1 aromatic carbocycles. The Bertz CT molecular complexity index is 1500. The first kappa shape index (κ1) is 26.0. The van der Waals surface area contributed by atoms with E-state index in [2.05, 4.69) is 15.3 Å². The van der Waals surface area contributed by atoms with Gasteiger partial charge in [-0.15, -0.1) is 4.59 Å². The molecule has 0 spiro atoms. The summed E-state index contributed by atoms with van der Waals surface area (Å²) in [5.41, 5.74) is 1.10. The number of ether oxygens (including phenoxy) is 1. The first-order valence-electron chi connectivity index (χ1n) is 12.7. The van der Waals surface area contributed by atoms with Crippen LogP contribution < -0.4 is 11.2 Å². The quantitative estimate of drug-likeness (QED) is 0.436. The Morgan fingerprint density at radius 1 is 1.15 bits per heavy atom. The Kier molecular flexibility index (Phi) is 6.36. The van der Waals surface area contributed by atoms with Crippen LogP contribution in [0.4, 0.5) is 19.0 Å². The number of allylic oxidation sites excluding steroid dienone is 1. The largest absolute Gasteiger partial charge is 0.416 e. The van der Waals surface area contributed by atoms with Gasteiger partial charge in [0.05, 0.1) is 36.7 Å². The Morgan fingerprint density at radius 3 is 2.65 bits per heavy atom. The number of benzene rings is 1. The van der Waals surface area contributed by atoms with E-state index < -0.39 is 23.8 Å². The van der Waals surface area contributed by atoms with Crippen molar-refractivity contribution in [1.29, 1.82) is 0 Å². The monoisotopic (exact) mass is 552 g/mol. The Labute approximate surface area is 226 Å². The smallest absolute Gasteiger partial charge is 0.368 e. The van der Waals surface area contributed by atoms with E-state index in [1.54, 1.807) is 30.7 Å². The maximum atomic E-state index is 13.0. The van der Waals surface area contributed by atoms with Gasteiger partial charge in [0.1, 0.15) is 23.8 Å². The van der Waals surface area contributed by atoms with Crippen LogP contribution in [0.3, 0.4) is 0 Å². The molecule has 1 aliphatic carbocycles. The molecule has 1 saturated heterocycles. The number of quaternary nitrogens is 1. The van der Waals surface area contributed by atoms with Crippen molar-refractivity contribution in [3.63, 3.8) is 0 Å². The van der Waals surface area contributed by atoms with Crippen LogP contribution in [0.2, 0.25) is 0 Å². The highest BCUT2D eigenvalue weighted by molar-refractivity contribution is 6.05. The number of morpholine rings is 1. The van der Waals surface area contributed by atoms with Crippen LogP contribution in [0.5, 0.6) is 0 Å². The number of rotatable bonds is 5. The molecule has 4 heterocycles. The number of amides is 2. The van der Waals surface area contributed by atoms with Crippen LogP contribution in [0.15, 0.2) is 76.4 Å². The van der Waals surface area contributed by atoms with Gasteiger partial charge in [0.15, 0.2) is 0 Å². The average Bonchev–Trinajstić information content (AvgIpc) is 3.75. The van der Waals surface area contributed by atoms with Crippen LogP contribution in [-0.2, 0) is 15.7 Å². The van der Waals surface area contributed by atoms with Gasteiger partial charge in [0, 0.05) is 24.2 Å². The Hall–Kier alpha value is -4.20. The molecule has 40 heavy (non-hydrogen) atoms. The summed E-state index contributed by atoms with van der Waals surface area (Å²) in [6.07, 6.45) is 2.66.